The van der Waals surface area contributed by atoms with Gasteiger partial charge in [-0.1, -0.05) is 6.92 Å². The Labute approximate surface area is 111 Å². The summed E-state index contributed by atoms with van der Waals surface area (Å²) in [6, 6.07) is 4.10. The van der Waals surface area contributed by atoms with Crippen LogP contribution in [0.4, 0.5) is 5.69 Å². The molecule has 0 aliphatic carbocycles. The number of nitrogens with one attached hydrogen (secondary N) is 1. The van der Waals surface area contributed by atoms with E-state index in [1.807, 2.05) is 0 Å². The van der Waals surface area contributed by atoms with E-state index in [9.17, 15) is 9.59 Å². The fraction of sp³-hybridized carbons (Fsp3) is 0.385. The number of nitrogens with two attached hydrogens (primary N) is 1. The van der Waals surface area contributed by atoms with E-state index in [2.05, 4.69) is 5.32 Å². The molecule has 1 rings (SSSR count). The van der Waals surface area contributed by atoms with Crippen LogP contribution in [0.5, 0.6) is 5.75 Å². The lowest BCUT2D eigenvalue weighted by Crippen LogP contribution is -2.34. The average molecular weight is 266 g/mol. The molecule has 1 aromatic rings. The number of aromatic carboxylic acids is 1. The molecule has 104 valence electrons. The van der Waals surface area contributed by atoms with E-state index in [1.54, 1.807) is 13.8 Å². The van der Waals surface area contributed by atoms with Crippen molar-refractivity contribution >= 4 is 17.6 Å². The molecule has 0 radical (unpaired) electrons. The number of anilines is 1. The average Bonchev–Trinajstić information content (AvgIpc) is 2.36. The van der Waals surface area contributed by atoms with Crippen LogP contribution in [0.25, 0.3) is 0 Å². The maximum absolute atomic E-state index is 11.8. The van der Waals surface area contributed by atoms with Crippen LogP contribution in [0.2, 0.25) is 0 Å². The maximum atomic E-state index is 11.8. The summed E-state index contributed by atoms with van der Waals surface area (Å²) in [6.45, 7) is 3.47. The Hall–Kier alpha value is -2.08. The zero-order valence-electron chi connectivity index (χ0n) is 11.1. The van der Waals surface area contributed by atoms with Gasteiger partial charge >= 0.3 is 5.97 Å². The number of rotatable bonds is 5. The first kappa shape index (κ1) is 15.0. The largest absolute Gasteiger partial charge is 0.496 e. The second-order valence-corrected chi connectivity index (χ2v) is 4.36. The van der Waals surface area contributed by atoms with Crippen molar-refractivity contribution in [3.8, 4) is 5.75 Å². The molecule has 0 spiro atoms. The number of methoxy groups -OCH3 is 1. The zero-order valence-corrected chi connectivity index (χ0v) is 11.1. The van der Waals surface area contributed by atoms with Gasteiger partial charge in [0.05, 0.1) is 13.0 Å². The predicted octanol–water partition coefficient (Wildman–Crippen LogP) is 1.32. The van der Waals surface area contributed by atoms with Crippen molar-refractivity contribution in [2.24, 2.45) is 11.7 Å². The Morgan fingerprint density at radius 2 is 2.00 bits per heavy atom. The van der Waals surface area contributed by atoms with Crippen LogP contribution in [0.3, 0.4) is 0 Å². The van der Waals surface area contributed by atoms with Crippen molar-refractivity contribution < 1.29 is 19.4 Å². The highest BCUT2D eigenvalue weighted by Crippen LogP contribution is 2.23. The van der Waals surface area contributed by atoms with Gasteiger partial charge in [-0.3, -0.25) is 4.79 Å². The summed E-state index contributed by atoms with van der Waals surface area (Å²) >= 11 is 0. The molecule has 0 fully saturated rings. The van der Waals surface area contributed by atoms with Crippen LogP contribution >= 0.6 is 0 Å². The van der Waals surface area contributed by atoms with E-state index in [4.69, 9.17) is 15.6 Å². The molecule has 0 aliphatic heterocycles. The number of carbonyl (C=O) groups is 2. The smallest absolute Gasteiger partial charge is 0.339 e. The van der Waals surface area contributed by atoms with Gasteiger partial charge in [0.1, 0.15) is 11.3 Å². The van der Waals surface area contributed by atoms with E-state index in [-0.39, 0.29) is 29.2 Å². The van der Waals surface area contributed by atoms with Crippen LogP contribution in [0.1, 0.15) is 24.2 Å². The number of hydrogen-bond donors (Lipinski definition) is 3. The highest BCUT2D eigenvalue weighted by Gasteiger charge is 2.18. The summed E-state index contributed by atoms with van der Waals surface area (Å²) in [4.78, 5) is 22.8. The fourth-order valence-corrected chi connectivity index (χ4v) is 1.44. The molecule has 0 bridgehead atoms. The molecule has 2 atom stereocenters. The monoisotopic (exact) mass is 266 g/mol. The summed E-state index contributed by atoms with van der Waals surface area (Å²) in [6.07, 6.45) is 0. The van der Waals surface area contributed by atoms with Gasteiger partial charge in [-0.25, -0.2) is 4.79 Å². The van der Waals surface area contributed by atoms with Crippen molar-refractivity contribution in [2.45, 2.75) is 19.9 Å². The van der Waals surface area contributed by atoms with Crippen LogP contribution in [0.15, 0.2) is 18.2 Å². The summed E-state index contributed by atoms with van der Waals surface area (Å²) in [7, 11) is 1.37. The third-order valence-electron chi connectivity index (χ3n) is 2.90. The van der Waals surface area contributed by atoms with Crippen molar-refractivity contribution in [3.05, 3.63) is 23.8 Å². The highest BCUT2D eigenvalue weighted by molar-refractivity contribution is 5.95. The summed E-state index contributed by atoms with van der Waals surface area (Å²) in [5, 5.41) is 11.6. The molecule has 6 nitrogen and oxygen atoms in total. The van der Waals surface area contributed by atoms with E-state index in [0.717, 1.165) is 0 Å². The minimum Gasteiger partial charge on any atom is -0.496 e. The number of benzene rings is 1. The Morgan fingerprint density at radius 1 is 1.37 bits per heavy atom. The number of carboxylic acids is 1. The topological polar surface area (TPSA) is 102 Å². The Morgan fingerprint density at radius 3 is 2.47 bits per heavy atom. The molecule has 0 saturated heterocycles. The first-order chi connectivity index (χ1) is 8.86. The number of ether oxygens (including phenoxy) is 1. The van der Waals surface area contributed by atoms with Gasteiger partial charge in [-0.2, -0.15) is 0 Å². The van der Waals surface area contributed by atoms with Gasteiger partial charge in [0.2, 0.25) is 5.91 Å². The van der Waals surface area contributed by atoms with E-state index < -0.39 is 5.97 Å². The third-order valence-corrected chi connectivity index (χ3v) is 2.90. The standard InChI is InChI=1S/C13H18N2O4/c1-7(8(2)14)12(16)15-9-4-5-10(13(17)18)11(6-9)19-3/h4-8H,14H2,1-3H3,(H,15,16)(H,17,18). The SMILES string of the molecule is COc1cc(NC(=O)C(C)C(C)N)ccc1C(=O)O. The minimum absolute atomic E-state index is 0.0424. The second-order valence-electron chi connectivity index (χ2n) is 4.36. The van der Waals surface area contributed by atoms with Gasteiger partial charge in [0.15, 0.2) is 0 Å². The number of amides is 1. The molecular formula is C13H18N2O4. The van der Waals surface area contributed by atoms with Crippen LogP contribution in [0, 0.1) is 5.92 Å². The lowest BCUT2D eigenvalue weighted by Gasteiger charge is -2.16. The van der Waals surface area contributed by atoms with Gasteiger partial charge in [-0.05, 0) is 19.1 Å². The third kappa shape index (κ3) is 3.69. The predicted molar refractivity (Wildman–Crippen MR) is 71.4 cm³/mol. The van der Waals surface area contributed by atoms with E-state index in [1.165, 1.54) is 25.3 Å². The lowest BCUT2D eigenvalue weighted by molar-refractivity contribution is -0.119. The van der Waals surface area contributed by atoms with Gasteiger partial charge in [0, 0.05) is 17.8 Å². The molecule has 0 heterocycles. The first-order valence-electron chi connectivity index (χ1n) is 5.84. The Kier molecular flexibility index (Phi) is 4.88. The zero-order chi connectivity index (χ0) is 14.6. The van der Waals surface area contributed by atoms with Crippen molar-refractivity contribution in [3.63, 3.8) is 0 Å². The lowest BCUT2D eigenvalue weighted by atomic mass is 10.0. The second kappa shape index (κ2) is 6.19. The molecule has 2 unspecified atom stereocenters. The molecular weight excluding hydrogens is 248 g/mol. The molecule has 0 saturated carbocycles. The summed E-state index contributed by atoms with van der Waals surface area (Å²) in [5.74, 6) is -1.46. The van der Waals surface area contributed by atoms with Gasteiger partial charge < -0.3 is 20.9 Å². The normalized spacial score (nSPS) is 13.5. The van der Waals surface area contributed by atoms with Crippen LogP contribution in [-0.4, -0.2) is 30.1 Å². The molecule has 0 aliphatic rings. The number of carbonyl (C=O) groups excluding carboxylic acids is 1. The highest BCUT2D eigenvalue weighted by atomic mass is 16.5. The molecule has 1 amide bonds. The van der Waals surface area contributed by atoms with Gasteiger partial charge in [-0.15, -0.1) is 0 Å². The van der Waals surface area contributed by atoms with E-state index >= 15 is 0 Å². The maximum Gasteiger partial charge on any atom is 0.339 e. The Bertz CT molecular complexity index is 486. The van der Waals surface area contributed by atoms with Crippen LogP contribution < -0.4 is 15.8 Å². The summed E-state index contributed by atoms with van der Waals surface area (Å²) < 4.78 is 4.98. The van der Waals surface area contributed by atoms with Gasteiger partial charge in [0.25, 0.3) is 0 Å². The summed E-state index contributed by atoms with van der Waals surface area (Å²) in [5.41, 5.74) is 6.16. The quantitative estimate of drug-likeness (QED) is 0.746. The van der Waals surface area contributed by atoms with Crippen LogP contribution in [-0.2, 0) is 4.79 Å². The minimum atomic E-state index is -1.08. The molecule has 19 heavy (non-hydrogen) atoms. The number of hydrogen-bond acceptors (Lipinski definition) is 4. The first-order valence-corrected chi connectivity index (χ1v) is 5.84. The van der Waals surface area contributed by atoms with Crippen molar-refractivity contribution in [1.82, 2.24) is 0 Å². The molecule has 6 heteroatoms. The number of carboxylic acid groups (broad SMARTS) is 1. The van der Waals surface area contributed by atoms with E-state index in [0.29, 0.717) is 5.69 Å². The van der Waals surface area contributed by atoms with Crippen molar-refractivity contribution in [1.29, 1.82) is 0 Å². The Balaban J connectivity index is 2.92. The molecule has 1 aromatic carbocycles. The fourth-order valence-electron chi connectivity index (χ4n) is 1.44. The molecule has 0 aromatic heterocycles. The van der Waals surface area contributed by atoms with Crippen molar-refractivity contribution in [2.75, 3.05) is 12.4 Å². The molecule has 4 N–H and O–H groups in total.